The zero-order valence-electron chi connectivity index (χ0n) is 11.5. The molecular weight excluding hydrogens is 232 g/mol. The quantitative estimate of drug-likeness (QED) is 0.772. The number of hydrogen-bond acceptors (Lipinski definition) is 3. The van der Waals surface area contributed by atoms with Crippen LogP contribution in [0.2, 0.25) is 0 Å². The zero-order valence-corrected chi connectivity index (χ0v) is 11.5. The van der Waals surface area contributed by atoms with Gasteiger partial charge in [-0.1, -0.05) is 6.92 Å². The number of amides is 1. The molecule has 1 rings (SSSR count). The van der Waals surface area contributed by atoms with E-state index in [-0.39, 0.29) is 23.9 Å². The molecular formula is C13H24N2O3. The van der Waals surface area contributed by atoms with E-state index in [1.807, 2.05) is 20.8 Å². The number of likely N-dealkylation sites (tertiary alicyclic amines) is 1. The van der Waals surface area contributed by atoms with Crippen LogP contribution in [0.25, 0.3) is 0 Å². The van der Waals surface area contributed by atoms with Crippen LogP contribution in [-0.4, -0.2) is 47.1 Å². The van der Waals surface area contributed by atoms with Crippen molar-refractivity contribution in [1.29, 1.82) is 0 Å². The molecule has 5 nitrogen and oxygen atoms in total. The lowest BCUT2D eigenvalue weighted by Crippen LogP contribution is -2.48. The molecule has 0 aromatic rings. The van der Waals surface area contributed by atoms with Crippen molar-refractivity contribution in [3.8, 4) is 0 Å². The Morgan fingerprint density at radius 3 is 2.67 bits per heavy atom. The Balaban J connectivity index is 2.40. The summed E-state index contributed by atoms with van der Waals surface area (Å²) in [5.41, 5.74) is 0. The predicted octanol–water partition coefficient (Wildman–Crippen LogP) is 1.09. The standard InChI is InChI=1S/C13H24N2O3/c1-4-9(2)14-12(16)8-15-6-5-11(13(17)18)7-10(15)3/h9-11H,4-8H2,1-3H3,(H,14,16)(H,17,18). The van der Waals surface area contributed by atoms with Crippen molar-refractivity contribution < 1.29 is 14.7 Å². The second-order valence-electron chi connectivity index (χ2n) is 5.26. The van der Waals surface area contributed by atoms with Gasteiger partial charge in [0.15, 0.2) is 0 Å². The largest absolute Gasteiger partial charge is 0.481 e. The van der Waals surface area contributed by atoms with Gasteiger partial charge in [-0.05, 0) is 39.7 Å². The minimum atomic E-state index is -0.717. The number of carboxylic acids is 1. The van der Waals surface area contributed by atoms with Gasteiger partial charge in [0, 0.05) is 12.1 Å². The number of carbonyl (C=O) groups is 2. The molecule has 1 amide bonds. The summed E-state index contributed by atoms with van der Waals surface area (Å²) in [6.45, 7) is 7.07. The maximum absolute atomic E-state index is 11.8. The van der Waals surface area contributed by atoms with Gasteiger partial charge in [-0.15, -0.1) is 0 Å². The Morgan fingerprint density at radius 1 is 1.50 bits per heavy atom. The molecule has 0 aromatic heterocycles. The molecule has 1 aliphatic rings. The fourth-order valence-electron chi connectivity index (χ4n) is 2.29. The van der Waals surface area contributed by atoms with Crippen LogP contribution in [-0.2, 0) is 9.59 Å². The van der Waals surface area contributed by atoms with Crippen LogP contribution in [0.1, 0.15) is 40.0 Å². The summed E-state index contributed by atoms with van der Waals surface area (Å²) in [4.78, 5) is 24.8. The summed E-state index contributed by atoms with van der Waals surface area (Å²) in [6, 6.07) is 0.354. The summed E-state index contributed by atoms with van der Waals surface area (Å²) >= 11 is 0. The predicted molar refractivity (Wildman–Crippen MR) is 69.3 cm³/mol. The number of carboxylic acid groups (broad SMARTS) is 1. The fourth-order valence-corrected chi connectivity index (χ4v) is 2.29. The first-order chi connectivity index (χ1) is 8.43. The van der Waals surface area contributed by atoms with E-state index >= 15 is 0 Å². The molecule has 104 valence electrons. The van der Waals surface area contributed by atoms with Gasteiger partial charge in [-0.25, -0.2) is 0 Å². The highest BCUT2D eigenvalue weighted by molar-refractivity contribution is 5.78. The van der Waals surface area contributed by atoms with Gasteiger partial charge >= 0.3 is 5.97 Å². The number of aliphatic carboxylic acids is 1. The molecule has 5 heteroatoms. The van der Waals surface area contributed by atoms with Crippen molar-refractivity contribution in [3.05, 3.63) is 0 Å². The van der Waals surface area contributed by atoms with Gasteiger partial charge in [-0.3, -0.25) is 14.5 Å². The molecule has 3 unspecified atom stereocenters. The van der Waals surface area contributed by atoms with Crippen molar-refractivity contribution in [3.63, 3.8) is 0 Å². The topological polar surface area (TPSA) is 69.6 Å². The normalized spacial score (nSPS) is 26.6. The van der Waals surface area contributed by atoms with E-state index in [9.17, 15) is 9.59 Å². The maximum atomic E-state index is 11.8. The number of nitrogens with zero attached hydrogens (tertiary/aromatic N) is 1. The first-order valence-corrected chi connectivity index (χ1v) is 6.70. The lowest BCUT2D eigenvalue weighted by molar-refractivity contribution is -0.144. The van der Waals surface area contributed by atoms with Crippen molar-refractivity contribution >= 4 is 11.9 Å². The highest BCUT2D eigenvalue weighted by Crippen LogP contribution is 2.22. The second-order valence-corrected chi connectivity index (χ2v) is 5.26. The molecule has 0 radical (unpaired) electrons. The average Bonchev–Trinajstić information content (AvgIpc) is 2.31. The first kappa shape index (κ1) is 15.0. The zero-order chi connectivity index (χ0) is 13.7. The number of rotatable bonds is 5. The molecule has 0 aliphatic carbocycles. The van der Waals surface area contributed by atoms with Crippen molar-refractivity contribution in [1.82, 2.24) is 10.2 Å². The molecule has 1 saturated heterocycles. The Morgan fingerprint density at radius 2 is 2.17 bits per heavy atom. The Labute approximate surface area is 109 Å². The molecule has 3 atom stereocenters. The molecule has 0 spiro atoms. The van der Waals surface area contributed by atoms with E-state index in [2.05, 4.69) is 10.2 Å². The van der Waals surface area contributed by atoms with Crippen LogP contribution in [0.5, 0.6) is 0 Å². The molecule has 1 aliphatic heterocycles. The van der Waals surface area contributed by atoms with E-state index in [0.717, 1.165) is 6.42 Å². The average molecular weight is 256 g/mol. The van der Waals surface area contributed by atoms with E-state index in [1.54, 1.807) is 0 Å². The molecule has 0 saturated carbocycles. The third-order valence-corrected chi connectivity index (χ3v) is 3.73. The van der Waals surface area contributed by atoms with Gasteiger partial charge in [0.25, 0.3) is 0 Å². The number of piperidine rings is 1. The van der Waals surface area contributed by atoms with Crippen LogP contribution < -0.4 is 5.32 Å². The molecule has 1 fully saturated rings. The van der Waals surface area contributed by atoms with E-state index < -0.39 is 5.97 Å². The van der Waals surface area contributed by atoms with E-state index in [4.69, 9.17) is 5.11 Å². The summed E-state index contributed by atoms with van der Waals surface area (Å²) in [7, 11) is 0. The van der Waals surface area contributed by atoms with Crippen LogP contribution in [0.15, 0.2) is 0 Å². The van der Waals surface area contributed by atoms with Crippen LogP contribution in [0.3, 0.4) is 0 Å². The van der Waals surface area contributed by atoms with Crippen LogP contribution in [0, 0.1) is 5.92 Å². The summed E-state index contributed by atoms with van der Waals surface area (Å²) in [6.07, 6.45) is 2.19. The number of carbonyl (C=O) groups excluding carboxylic acids is 1. The van der Waals surface area contributed by atoms with Crippen LogP contribution >= 0.6 is 0 Å². The van der Waals surface area contributed by atoms with Crippen molar-refractivity contribution in [2.24, 2.45) is 5.92 Å². The van der Waals surface area contributed by atoms with Gasteiger partial charge in [0.05, 0.1) is 12.5 Å². The molecule has 0 bridgehead atoms. The lowest BCUT2D eigenvalue weighted by Gasteiger charge is -2.35. The summed E-state index contributed by atoms with van der Waals surface area (Å²) in [5.74, 6) is -0.940. The minimum Gasteiger partial charge on any atom is -0.481 e. The van der Waals surface area contributed by atoms with Gasteiger partial charge in [0.1, 0.15) is 0 Å². The molecule has 0 aromatic carbocycles. The fraction of sp³-hybridized carbons (Fsp3) is 0.846. The monoisotopic (exact) mass is 256 g/mol. The Bertz CT molecular complexity index is 307. The second kappa shape index (κ2) is 6.73. The highest BCUT2D eigenvalue weighted by Gasteiger charge is 2.30. The van der Waals surface area contributed by atoms with E-state index in [1.165, 1.54) is 0 Å². The Kier molecular flexibility index (Phi) is 5.59. The van der Waals surface area contributed by atoms with Gasteiger partial charge in [-0.2, -0.15) is 0 Å². The number of nitrogens with one attached hydrogen (secondary N) is 1. The number of hydrogen-bond donors (Lipinski definition) is 2. The van der Waals surface area contributed by atoms with Crippen LogP contribution in [0.4, 0.5) is 0 Å². The minimum absolute atomic E-state index is 0.0324. The Hall–Kier alpha value is -1.10. The van der Waals surface area contributed by atoms with E-state index in [0.29, 0.717) is 25.9 Å². The SMILES string of the molecule is CCC(C)NC(=O)CN1CCC(C(=O)O)CC1C. The highest BCUT2D eigenvalue weighted by atomic mass is 16.4. The van der Waals surface area contributed by atoms with Crippen molar-refractivity contribution in [2.45, 2.75) is 52.1 Å². The third kappa shape index (κ3) is 4.29. The molecule has 2 N–H and O–H groups in total. The maximum Gasteiger partial charge on any atom is 0.306 e. The lowest BCUT2D eigenvalue weighted by atomic mass is 9.92. The smallest absolute Gasteiger partial charge is 0.306 e. The summed E-state index contributed by atoms with van der Waals surface area (Å²) in [5, 5.41) is 11.9. The third-order valence-electron chi connectivity index (χ3n) is 3.73. The van der Waals surface area contributed by atoms with Gasteiger partial charge < -0.3 is 10.4 Å². The van der Waals surface area contributed by atoms with Crippen molar-refractivity contribution in [2.75, 3.05) is 13.1 Å². The van der Waals surface area contributed by atoms with Gasteiger partial charge in [0.2, 0.25) is 5.91 Å². The summed E-state index contributed by atoms with van der Waals surface area (Å²) < 4.78 is 0. The molecule has 1 heterocycles. The molecule has 18 heavy (non-hydrogen) atoms. The first-order valence-electron chi connectivity index (χ1n) is 6.70.